The first kappa shape index (κ1) is 18.6. The molecule has 1 saturated heterocycles. The summed E-state index contributed by atoms with van der Waals surface area (Å²) in [5, 5.41) is 2.40. The van der Waals surface area contributed by atoms with Crippen LogP contribution in [0.25, 0.3) is 0 Å². The summed E-state index contributed by atoms with van der Waals surface area (Å²) in [5.74, 6) is -1.29. The van der Waals surface area contributed by atoms with Crippen molar-refractivity contribution < 1.29 is 23.1 Å². The van der Waals surface area contributed by atoms with Crippen molar-refractivity contribution in [1.29, 1.82) is 0 Å². The van der Waals surface area contributed by atoms with Crippen LogP contribution in [0.1, 0.15) is 27.2 Å². The first-order chi connectivity index (χ1) is 11.1. The minimum atomic E-state index is -1.33. The van der Waals surface area contributed by atoms with Gasteiger partial charge >= 0.3 is 6.09 Å². The van der Waals surface area contributed by atoms with Gasteiger partial charge in [-0.1, -0.05) is 6.07 Å². The normalized spacial score (nSPS) is 20.8. The molecule has 0 aromatic heterocycles. The third kappa shape index (κ3) is 4.43. The van der Waals surface area contributed by atoms with E-state index in [1.807, 2.05) is 0 Å². The molecule has 132 valence electrons. The van der Waals surface area contributed by atoms with Crippen molar-refractivity contribution in [2.24, 2.45) is 0 Å². The van der Waals surface area contributed by atoms with Crippen molar-refractivity contribution in [1.82, 2.24) is 4.90 Å². The van der Waals surface area contributed by atoms with Crippen molar-refractivity contribution in [3.63, 3.8) is 0 Å². The number of carbonyl (C=O) groups excluding carboxylic acids is 2. The Balaban J connectivity index is 2.14. The SMILES string of the molecule is CC(C)(C)OC(=O)N1C[C@H](F)C[C@H]1C(=O)Nc1cccc(Br)c1F. The highest BCUT2D eigenvalue weighted by molar-refractivity contribution is 9.10. The van der Waals surface area contributed by atoms with Gasteiger partial charge in [0.2, 0.25) is 5.91 Å². The molecule has 0 aliphatic carbocycles. The van der Waals surface area contributed by atoms with E-state index in [2.05, 4.69) is 21.2 Å². The van der Waals surface area contributed by atoms with Gasteiger partial charge in [-0.25, -0.2) is 13.6 Å². The van der Waals surface area contributed by atoms with Gasteiger partial charge in [-0.2, -0.15) is 0 Å². The zero-order chi connectivity index (χ0) is 18.1. The molecular formula is C16H19BrF2N2O3. The number of nitrogens with zero attached hydrogens (tertiary/aromatic N) is 1. The largest absolute Gasteiger partial charge is 0.444 e. The molecule has 2 atom stereocenters. The summed E-state index contributed by atoms with van der Waals surface area (Å²) in [6.45, 7) is 4.81. The van der Waals surface area contributed by atoms with Crippen LogP contribution < -0.4 is 5.32 Å². The van der Waals surface area contributed by atoms with Crippen molar-refractivity contribution in [2.75, 3.05) is 11.9 Å². The maximum absolute atomic E-state index is 14.0. The quantitative estimate of drug-likeness (QED) is 0.813. The summed E-state index contributed by atoms with van der Waals surface area (Å²) >= 11 is 3.03. The molecule has 2 amide bonds. The molecule has 1 aliphatic heterocycles. The van der Waals surface area contributed by atoms with Gasteiger partial charge in [0.1, 0.15) is 17.8 Å². The Labute approximate surface area is 147 Å². The van der Waals surface area contributed by atoms with Crippen LogP contribution in [0.2, 0.25) is 0 Å². The van der Waals surface area contributed by atoms with E-state index in [1.54, 1.807) is 26.8 Å². The molecule has 24 heavy (non-hydrogen) atoms. The number of likely N-dealkylation sites (tertiary alicyclic amines) is 1. The fraction of sp³-hybridized carbons (Fsp3) is 0.500. The summed E-state index contributed by atoms with van der Waals surface area (Å²) in [5.41, 5.74) is -0.802. The second kappa shape index (κ2) is 7.04. The molecule has 0 spiro atoms. The molecule has 0 saturated carbocycles. The number of alkyl halides is 1. The van der Waals surface area contributed by atoms with E-state index in [1.165, 1.54) is 12.1 Å². The van der Waals surface area contributed by atoms with E-state index in [4.69, 9.17) is 4.74 Å². The second-order valence-electron chi connectivity index (χ2n) is 6.57. The zero-order valence-corrected chi connectivity index (χ0v) is 15.2. The maximum Gasteiger partial charge on any atom is 0.411 e. The smallest absolute Gasteiger partial charge is 0.411 e. The molecule has 1 aliphatic rings. The average molecular weight is 405 g/mol. The predicted octanol–water partition coefficient (Wildman–Crippen LogP) is 3.87. The van der Waals surface area contributed by atoms with Crippen LogP contribution in [0.15, 0.2) is 22.7 Å². The van der Waals surface area contributed by atoms with E-state index in [9.17, 15) is 18.4 Å². The van der Waals surface area contributed by atoms with Gasteiger partial charge in [0, 0.05) is 6.42 Å². The number of nitrogens with one attached hydrogen (secondary N) is 1. The lowest BCUT2D eigenvalue weighted by Gasteiger charge is -2.27. The summed E-state index contributed by atoms with van der Waals surface area (Å²) in [6.07, 6.45) is -2.25. The number of hydrogen-bond acceptors (Lipinski definition) is 3. The van der Waals surface area contributed by atoms with E-state index >= 15 is 0 Å². The van der Waals surface area contributed by atoms with E-state index in [0.717, 1.165) is 4.90 Å². The Morgan fingerprint density at radius 2 is 2.04 bits per heavy atom. The number of rotatable bonds is 2. The number of amides is 2. The number of halogens is 3. The molecule has 1 fully saturated rings. The first-order valence-corrected chi connectivity index (χ1v) is 8.26. The van der Waals surface area contributed by atoms with Gasteiger partial charge in [0.15, 0.2) is 5.82 Å². The molecule has 2 rings (SSSR count). The summed E-state index contributed by atoms with van der Waals surface area (Å²) < 4.78 is 33.1. The van der Waals surface area contributed by atoms with Crippen LogP contribution in [-0.2, 0) is 9.53 Å². The number of benzene rings is 1. The van der Waals surface area contributed by atoms with Gasteiger partial charge in [0.25, 0.3) is 0 Å². The highest BCUT2D eigenvalue weighted by Crippen LogP contribution is 2.26. The zero-order valence-electron chi connectivity index (χ0n) is 13.6. The third-order valence-electron chi connectivity index (χ3n) is 3.39. The Bertz CT molecular complexity index is 649. The topological polar surface area (TPSA) is 58.6 Å². The number of ether oxygens (including phenoxy) is 1. The lowest BCUT2D eigenvalue weighted by molar-refractivity contribution is -0.120. The van der Waals surface area contributed by atoms with Gasteiger partial charge in [-0.15, -0.1) is 0 Å². The standard InChI is InChI=1S/C16H19BrF2N2O3/c1-16(2,3)24-15(23)21-8-9(18)7-12(21)14(22)20-11-6-4-5-10(17)13(11)19/h4-6,9,12H,7-8H2,1-3H3,(H,20,22)/t9-,12+/m1/s1. The molecule has 1 N–H and O–H groups in total. The van der Waals surface area contributed by atoms with Gasteiger partial charge in [-0.3, -0.25) is 9.69 Å². The maximum atomic E-state index is 14.0. The van der Waals surface area contributed by atoms with Crippen molar-refractivity contribution in [3.05, 3.63) is 28.5 Å². The van der Waals surface area contributed by atoms with E-state index < -0.39 is 35.6 Å². The summed E-state index contributed by atoms with van der Waals surface area (Å²) in [4.78, 5) is 25.6. The third-order valence-corrected chi connectivity index (χ3v) is 4.00. The Morgan fingerprint density at radius 3 is 2.67 bits per heavy atom. The first-order valence-electron chi connectivity index (χ1n) is 7.47. The van der Waals surface area contributed by atoms with Crippen LogP contribution in [0, 0.1) is 5.82 Å². The van der Waals surface area contributed by atoms with Crippen LogP contribution in [0.3, 0.4) is 0 Å². The monoisotopic (exact) mass is 404 g/mol. The minimum Gasteiger partial charge on any atom is -0.444 e. The van der Waals surface area contributed by atoms with Gasteiger partial charge in [-0.05, 0) is 48.8 Å². The minimum absolute atomic E-state index is 0.0409. The lowest BCUT2D eigenvalue weighted by atomic mass is 10.2. The molecule has 1 aromatic rings. The lowest BCUT2D eigenvalue weighted by Crippen LogP contribution is -2.45. The van der Waals surface area contributed by atoms with E-state index in [-0.39, 0.29) is 23.1 Å². The molecule has 0 bridgehead atoms. The highest BCUT2D eigenvalue weighted by Gasteiger charge is 2.41. The van der Waals surface area contributed by atoms with Crippen LogP contribution in [0.4, 0.5) is 19.3 Å². The Kier molecular flexibility index (Phi) is 5.47. The fourth-order valence-electron chi connectivity index (χ4n) is 2.37. The van der Waals surface area contributed by atoms with Crippen LogP contribution >= 0.6 is 15.9 Å². The van der Waals surface area contributed by atoms with Crippen molar-refractivity contribution in [2.45, 2.75) is 45.0 Å². The molecule has 1 aromatic carbocycles. The fourth-order valence-corrected chi connectivity index (χ4v) is 2.74. The summed E-state index contributed by atoms with van der Waals surface area (Å²) in [7, 11) is 0. The molecular weight excluding hydrogens is 386 g/mol. The van der Waals surface area contributed by atoms with Crippen LogP contribution in [-0.4, -0.2) is 41.3 Å². The predicted molar refractivity (Wildman–Crippen MR) is 89.0 cm³/mol. The van der Waals surface area contributed by atoms with Crippen LogP contribution in [0.5, 0.6) is 0 Å². The van der Waals surface area contributed by atoms with E-state index in [0.29, 0.717) is 0 Å². The molecule has 5 nitrogen and oxygen atoms in total. The second-order valence-corrected chi connectivity index (χ2v) is 7.43. The van der Waals surface area contributed by atoms with Gasteiger partial charge in [0.05, 0.1) is 16.7 Å². The molecule has 0 radical (unpaired) electrons. The number of anilines is 1. The average Bonchev–Trinajstić information content (AvgIpc) is 2.84. The molecule has 1 heterocycles. The highest BCUT2D eigenvalue weighted by atomic mass is 79.9. The molecule has 0 unspecified atom stereocenters. The van der Waals surface area contributed by atoms with Crippen molar-refractivity contribution >= 4 is 33.6 Å². The Hall–Kier alpha value is -1.70. The van der Waals surface area contributed by atoms with Gasteiger partial charge < -0.3 is 10.1 Å². The number of carbonyl (C=O) groups is 2. The Morgan fingerprint density at radius 1 is 1.38 bits per heavy atom. The van der Waals surface area contributed by atoms with Crippen molar-refractivity contribution in [3.8, 4) is 0 Å². The summed E-state index contributed by atoms with van der Waals surface area (Å²) in [6, 6.07) is 3.39. The number of hydrogen-bond donors (Lipinski definition) is 1. The molecule has 8 heteroatoms.